The number of ether oxygens (including phenoxy) is 2. The Hall–Kier alpha value is -2.98. The van der Waals surface area contributed by atoms with E-state index in [1.165, 1.54) is 6.20 Å². The number of hydrogen-bond donors (Lipinski definition) is 4. The minimum absolute atomic E-state index is 0.0282. The van der Waals surface area contributed by atoms with Crippen LogP contribution in [0.15, 0.2) is 24.4 Å². The Balaban J connectivity index is 2.29. The van der Waals surface area contributed by atoms with Gasteiger partial charge in [-0.1, -0.05) is 6.92 Å². The molecule has 0 aromatic carbocycles. The Kier molecular flexibility index (Phi) is 8.10. The van der Waals surface area contributed by atoms with Crippen LogP contribution in [0.3, 0.4) is 0 Å². The molecule has 0 saturated heterocycles. The molecule has 0 spiro atoms. The molecule has 0 fully saturated rings. The third kappa shape index (κ3) is 6.26. The summed E-state index contributed by atoms with van der Waals surface area (Å²) in [5.74, 6) is -1.07. The second kappa shape index (κ2) is 10.5. The summed E-state index contributed by atoms with van der Waals surface area (Å²) in [6.45, 7) is 4.51. The van der Waals surface area contributed by atoms with E-state index in [4.69, 9.17) is 20.9 Å². The summed E-state index contributed by atoms with van der Waals surface area (Å²) in [6.07, 6.45) is 2.24. The van der Waals surface area contributed by atoms with E-state index in [0.29, 0.717) is 31.2 Å². The van der Waals surface area contributed by atoms with E-state index < -0.39 is 11.7 Å². The molecule has 29 heavy (non-hydrogen) atoms. The summed E-state index contributed by atoms with van der Waals surface area (Å²) in [7, 11) is 1.57. The lowest BCUT2D eigenvalue weighted by atomic mass is 10.1. The number of hydrogen-bond acceptors (Lipinski definition) is 8. The van der Waals surface area contributed by atoms with Gasteiger partial charge in [-0.2, -0.15) is 0 Å². The Bertz CT molecular complexity index is 836. The van der Waals surface area contributed by atoms with Crippen molar-refractivity contribution in [2.75, 3.05) is 31.0 Å². The molecule has 0 saturated carbocycles. The maximum Gasteiger partial charge on any atom is 0.252 e. The van der Waals surface area contributed by atoms with Gasteiger partial charge in [-0.15, -0.1) is 0 Å². The van der Waals surface area contributed by atoms with Gasteiger partial charge in [-0.05, 0) is 25.5 Å². The van der Waals surface area contributed by atoms with Crippen LogP contribution in [-0.4, -0.2) is 48.3 Å². The Morgan fingerprint density at radius 3 is 2.72 bits per heavy atom. The van der Waals surface area contributed by atoms with Crippen molar-refractivity contribution in [1.29, 1.82) is 0 Å². The molecule has 9 nitrogen and oxygen atoms in total. The van der Waals surface area contributed by atoms with Gasteiger partial charge >= 0.3 is 0 Å². The molecule has 0 aliphatic rings. The molecule has 2 aromatic rings. The van der Waals surface area contributed by atoms with Crippen molar-refractivity contribution in [2.45, 2.75) is 32.4 Å². The number of anilines is 3. The summed E-state index contributed by atoms with van der Waals surface area (Å²) >= 11 is 0. The molecule has 10 heteroatoms. The number of carbonyl (C=O) groups excluding carboxylic acids is 1. The van der Waals surface area contributed by atoms with Crippen molar-refractivity contribution in [2.24, 2.45) is 11.5 Å². The van der Waals surface area contributed by atoms with Crippen molar-refractivity contribution >= 4 is 23.2 Å². The first-order valence-electron chi connectivity index (χ1n) is 9.23. The number of carbonyl (C=O) groups is 1. The number of halogens is 1. The van der Waals surface area contributed by atoms with E-state index in [1.807, 2.05) is 13.8 Å². The number of nitrogens with zero attached hydrogens (tertiary/aromatic N) is 2. The first-order chi connectivity index (χ1) is 13.8. The van der Waals surface area contributed by atoms with Gasteiger partial charge in [0.15, 0.2) is 11.6 Å². The smallest absolute Gasteiger partial charge is 0.252 e. The maximum absolute atomic E-state index is 14.5. The highest BCUT2D eigenvalue weighted by molar-refractivity contribution is 5.98. The van der Waals surface area contributed by atoms with Crippen LogP contribution in [0.5, 0.6) is 5.88 Å². The van der Waals surface area contributed by atoms with Gasteiger partial charge in [0.1, 0.15) is 12.4 Å². The number of nitrogens with two attached hydrogens (primary N) is 2. The first kappa shape index (κ1) is 22.3. The molecule has 0 radical (unpaired) electrons. The summed E-state index contributed by atoms with van der Waals surface area (Å²) in [5, 5.41) is 5.91. The van der Waals surface area contributed by atoms with Crippen LogP contribution in [0, 0.1) is 5.82 Å². The predicted molar refractivity (Wildman–Crippen MR) is 109 cm³/mol. The summed E-state index contributed by atoms with van der Waals surface area (Å²) in [5.41, 5.74) is 11.8. The van der Waals surface area contributed by atoms with Crippen LogP contribution in [0.25, 0.3) is 0 Å². The number of primary amides is 1. The normalized spacial score (nSPS) is 12.9. The second-order valence-electron chi connectivity index (χ2n) is 6.43. The van der Waals surface area contributed by atoms with Crippen LogP contribution in [-0.2, 0) is 4.74 Å². The van der Waals surface area contributed by atoms with Gasteiger partial charge in [0.2, 0.25) is 5.88 Å². The van der Waals surface area contributed by atoms with Crippen molar-refractivity contribution < 1.29 is 18.7 Å². The monoisotopic (exact) mass is 406 g/mol. The van der Waals surface area contributed by atoms with Crippen LogP contribution in [0.2, 0.25) is 0 Å². The van der Waals surface area contributed by atoms with E-state index in [0.717, 1.165) is 6.07 Å². The van der Waals surface area contributed by atoms with Gasteiger partial charge in [0.05, 0.1) is 12.2 Å². The van der Waals surface area contributed by atoms with Crippen LogP contribution < -0.4 is 26.8 Å². The number of pyridine rings is 2. The molecule has 158 valence electrons. The minimum Gasteiger partial charge on any atom is -0.475 e. The maximum atomic E-state index is 14.5. The number of methoxy groups -OCH3 is 1. The highest BCUT2D eigenvalue weighted by Crippen LogP contribution is 2.25. The fourth-order valence-corrected chi connectivity index (χ4v) is 2.48. The number of rotatable bonds is 11. The summed E-state index contributed by atoms with van der Waals surface area (Å²) < 4.78 is 24.8. The highest BCUT2D eigenvalue weighted by Gasteiger charge is 2.19. The van der Waals surface area contributed by atoms with Gasteiger partial charge < -0.3 is 31.6 Å². The van der Waals surface area contributed by atoms with E-state index in [2.05, 4.69) is 20.6 Å². The molecule has 0 aliphatic heterocycles. The average molecular weight is 406 g/mol. The topological polar surface area (TPSA) is 137 Å². The van der Waals surface area contributed by atoms with Crippen molar-refractivity contribution in [1.82, 2.24) is 9.97 Å². The van der Waals surface area contributed by atoms with Gasteiger partial charge in [0.25, 0.3) is 5.91 Å². The second-order valence-corrected chi connectivity index (χ2v) is 6.43. The Morgan fingerprint density at radius 2 is 2.07 bits per heavy atom. The third-order valence-electron chi connectivity index (χ3n) is 4.25. The van der Waals surface area contributed by atoms with Crippen molar-refractivity contribution in [3.63, 3.8) is 0 Å². The largest absolute Gasteiger partial charge is 0.475 e. The van der Waals surface area contributed by atoms with Gasteiger partial charge in [-0.25, -0.2) is 14.4 Å². The molecule has 0 bridgehead atoms. The van der Waals surface area contributed by atoms with Crippen molar-refractivity contribution in [3.8, 4) is 5.88 Å². The van der Waals surface area contributed by atoms with Crippen LogP contribution in [0.4, 0.5) is 21.7 Å². The van der Waals surface area contributed by atoms with Crippen LogP contribution in [0.1, 0.15) is 30.6 Å². The lowest BCUT2D eigenvalue weighted by molar-refractivity contribution is 0.100. The molecule has 0 aliphatic carbocycles. The third-order valence-corrected chi connectivity index (χ3v) is 4.25. The number of nitrogens with one attached hydrogen (secondary N) is 2. The minimum atomic E-state index is -0.811. The summed E-state index contributed by atoms with van der Waals surface area (Å²) in [4.78, 5) is 20.1. The zero-order chi connectivity index (χ0) is 21.4. The fraction of sp³-hybridized carbons (Fsp3) is 0.421. The summed E-state index contributed by atoms with van der Waals surface area (Å²) in [6, 6.07) is 3.91. The predicted octanol–water partition coefficient (Wildman–Crippen LogP) is 2.02. The van der Waals surface area contributed by atoms with Crippen LogP contribution >= 0.6 is 0 Å². The van der Waals surface area contributed by atoms with E-state index in [9.17, 15) is 9.18 Å². The lowest BCUT2D eigenvalue weighted by Crippen LogP contribution is -2.38. The lowest BCUT2D eigenvalue weighted by Gasteiger charge is -2.21. The number of amides is 1. The zero-order valence-corrected chi connectivity index (χ0v) is 16.7. The molecule has 0 unspecified atom stereocenters. The molecule has 2 rings (SSSR count). The molecule has 6 N–H and O–H groups in total. The van der Waals surface area contributed by atoms with Gasteiger partial charge in [-0.3, -0.25) is 4.79 Å². The zero-order valence-electron chi connectivity index (χ0n) is 16.7. The van der Waals surface area contributed by atoms with E-state index in [-0.39, 0.29) is 29.3 Å². The molecular weight excluding hydrogens is 379 g/mol. The quantitative estimate of drug-likeness (QED) is 0.416. The molecular formula is C19H27FN6O3. The standard InChI is InChI=1S/C19H27FN6O3/c1-4-15(21)11(2)24-19-14(20)10-13(17(22)27)18(26-19)25-12-5-6-23-16(9-12)29-8-7-28-3/h5-6,9-11,15H,4,7-8,21H2,1-3H3,(H2,22,27)(H2,23,24,25,26)/t11-,15+/m1/s1. The van der Waals surface area contributed by atoms with Gasteiger partial charge in [0, 0.05) is 37.1 Å². The first-order valence-corrected chi connectivity index (χ1v) is 9.23. The molecule has 1 amide bonds. The fourth-order valence-electron chi connectivity index (χ4n) is 2.48. The van der Waals surface area contributed by atoms with E-state index >= 15 is 0 Å². The molecule has 2 atom stereocenters. The Morgan fingerprint density at radius 1 is 1.31 bits per heavy atom. The SMILES string of the molecule is CC[C@H](N)[C@@H](C)Nc1nc(Nc2ccnc(OCCOC)c2)c(C(N)=O)cc1F. The average Bonchev–Trinajstić information content (AvgIpc) is 2.69. The molecule has 2 aromatic heterocycles. The highest BCUT2D eigenvalue weighted by atomic mass is 19.1. The Labute approximate surface area is 169 Å². The van der Waals surface area contributed by atoms with Crippen molar-refractivity contribution in [3.05, 3.63) is 35.8 Å². The molecule has 2 heterocycles. The van der Waals surface area contributed by atoms with E-state index in [1.54, 1.807) is 19.2 Å². The number of aromatic nitrogens is 2.